The smallest absolute Gasteiger partial charge is 0.224 e. The number of phenols is 1. The maximum Gasteiger partial charge on any atom is 0.224 e. The first-order chi connectivity index (χ1) is 8.63. The maximum atomic E-state index is 11.9. The van der Waals surface area contributed by atoms with E-state index in [1.54, 1.807) is 18.2 Å². The zero-order valence-electron chi connectivity index (χ0n) is 10.6. The molecule has 4 heteroatoms. The van der Waals surface area contributed by atoms with Crippen LogP contribution in [0.1, 0.15) is 25.3 Å². The van der Waals surface area contributed by atoms with E-state index in [-0.39, 0.29) is 17.7 Å². The number of hydrogen-bond acceptors (Lipinski definition) is 3. The van der Waals surface area contributed by atoms with Crippen molar-refractivity contribution in [2.45, 2.75) is 38.3 Å². The number of hydrogen-bond donors (Lipinski definition) is 3. The zero-order chi connectivity index (χ0) is 13.0. The molecule has 2 unspecified atom stereocenters. The van der Waals surface area contributed by atoms with Crippen LogP contribution in [0.4, 0.5) is 0 Å². The number of nitrogens with one attached hydrogen (secondary N) is 2. The molecule has 2 rings (SSSR count). The third-order valence-electron chi connectivity index (χ3n) is 3.26. The highest BCUT2D eigenvalue weighted by molar-refractivity contribution is 5.79. The van der Waals surface area contributed by atoms with Crippen molar-refractivity contribution in [2.24, 2.45) is 0 Å². The minimum Gasteiger partial charge on any atom is -0.508 e. The van der Waals surface area contributed by atoms with Gasteiger partial charge in [0.05, 0.1) is 6.42 Å². The van der Waals surface area contributed by atoms with Crippen molar-refractivity contribution >= 4 is 5.91 Å². The van der Waals surface area contributed by atoms with Gasteiger partial charge in [-0.1, -0.05) is 12.1 Å². The third-order valence-corrected chi connectivity index (χ3v) is 3.26. The largest absolute Gasteiger partial charge is 0.508 e. The van der Waals surface area contributed by atoms with Gasteiger partial charge in [-0.15, -0.1) is 0 Å². The number of rotatable bonds is 3. The molecule has 1 aromatic carbocycles. The van der Waals surface area contributed by atoms with Crippen LogP contribution in [0, 0.1) is 0 Å². The van der Waals surface area contributed by atoms with Crippen molar-refractivity contribution in [1.82, 2.24) is 10.6 Å². The van der Waals surface area contributed by atoms with E-state index >= 15 is 0 Å². The lowest BCUT2D eigenvalue weighted by molar-refractivity contribution is -0.121. The standard InChI is InChI=1S/C14H20N2O2/c1-10-7-12(5-6-15-10)16-14(18)9-11-3-2-4-13(17)8-11/h2-4,8,10,12,15,17H,5-7,9H2,1H3,(H,16,18). The van der Waals surface area contributed by atoms with Crippen LogP contribution in [0.25, 0.3) is 0 Å². The highest BCUT2D eigenvalue weighted by Gasteiger charge is 2.19. The Morgan fingerprint density at radius 2 is 2.39 bits per heavy atom. The molecule has 1 aromatic rings. The van der Waals surface area contributed by atoms with Gasteiger partial charge in [0.15, 0.2) is 0 Å². The van der Waals surface area contributed by atoms with Gasteiger partial charge in [-0.2, -0.15) is 0 Å². The summed E-state index contributed by atoms with van der Waals surface area (Å²) < 4.78 is 0. The van der Waals surface area contributed by atoms with Gasteiger partial charge in [-0.25, -0.2) is 0 Å². The maximum absolute atomic E-state index is 11.9. The fraction of sp³-hybridized carbons (Fsp3) is 0.500. The quantitative estimate of drug-likeness (QED) is 0.753. The van der Waals surface area contributed by atoms with E-state index < -0.39 is 0 Å². The van der Waals surface area contributed by atoms with E-state index in [9.17, 15) is 9.90 Å². The average Bonchev–Trinajstić information content (AvgIpc) is 2.28. The third kappa shape index (κ3) is 3.74. The molecule has 1 aliphatic rings. The highest BCUT2D eigenvalue weighted by atomic mass is 16.3. The first kappa shape index (κ1) is 12.9. The molecule has 4 nitrogen and oxygen atoms in total. The van der Waals surface area contributed by atoms with E-state index in [0.29, 0.717) is 12.5 Å². The summed E-state index contributed by atoms with van der Waals surface area (Å²) in [6.07, 6.45) is 2.29. The predicted molar refractivity (Wildman–Crippen MR) is 70.4 cm³/mol. The monoisotopic (exact) mass is 248 g/mol. The van der Waals surface area contributed by atoms with Crippen LogP contribution in [0.2, 0.25) is 0 Å². The molecule has 1 saturated heterocycles. The van der Waals surface area contributed by atoms with Gasteiger partial charge in [-0.05, 0) is 44.0 Å². The normalized spacial score (nSPS) is 23.6. The Bertz CT molecular complexity index is 420. The van der Waals surface area contributed by atoms with Gasteiger partial charge in [0.2, 0.25) is 5.91 Å². The summed E-state index contributed by atoms with van der Waals surface area (Å²) in [4.78, 5) is 11.9. The van der Waals surface area contributed by atoms with Crippen LogP contribution in [0.5, 0.6) is 5.75 Å². The van der Waals surface area contributed by atoms with Crippen molar-refractivity contribution in [3.8, 4) is 5.75 Å². The van der Waals surface area contributed by atoms with E-state index in [0.717, 1.165) is 24.9 Å². The van der Waals surface area contributed by atoms with Gasteiger partial charge in [0.25, 0.3) is 0 Å². The summed E-state index contributed by atoms with van der Waals surface area (Å²) in [5.74, 6) is 0.232. The molecule has 0 bridgehead atoms. The molecule has 3 N–H and O–H groups in total. The van der Waals surface area contributed by atoms with Gasteiger partial charge in [0.1, 0.15) is 5.75 Å². The summed E-state index contributed by atoms with van der Waals surface area (Å²) in [7, 11) is 0. The fourth-order valence-electron chi connectivity index (χ4n) is 2.39. The molecule has 1 heterocycles. The van der Waals surface area contributed by atoms with Crippen molar-refractivity contribution in [3.63, 3.8) is 0 Å². The summed E-state index contributed by atoms with van der Waals surface area (Å²) in [6.45, 7) is 3.09. The van der Waals surface area contributed by atoms with Gasteiger partial charge >= 0.3 is 0 Å². The average molecular weight is 248 g/mol. The second-order valence-electron chi connectivity index (χ2n) is 4.99. The molecular weight excluding hydrogens is 228 g/mol. The SMILES string of the molecule is CC1CC(NC(=O)Cc2cccc(O)c2)CCN1. The molecule has 1 aliphatic heterocycles. The Hall–Kier alpha value is -1.55. The van der Waals surface area contributed by atoms with Crippen LogP contribution in [-0.4, -0.2) is 29.6 Å². The fourth-order valence-corrected chi connectivity index (χ4v) is 2.39. The first-order valence-corrected chi connectivity index (χ1v) is 6.44. The first-order valence-electron chi connectivity index (χ1n) is 6.44. The lowest BCUT2D eigenvalue weighted by Gasteiger charge is -2.28. The molecule has 0 radical (unpaired) electrons. The van der Waals surface area contributed by atoms with E-state index in [1.807, 2.05) is 6.07 Å². The van der Waals surface area contributed by atoms with Crippen molar-refractivity contribution in [2.75, 3.05) is 6.54 Å². The number of carbonyl (C=O) groups excluding carboxylic acids is 1. The topological polar surface area (TPSA) is 61.4 Å². The minimum atomic E-state index is 0.0275. The van der Waals surface area contributed by atoms with E-state index in [2.05, 4.69) is 17.6 Å². The second kappa shape index (κ2) is 5.87. The Morgan fingerprint density at radius 1 is 1.56 bits per heavy atom. The molecule has 0 aromatic heterocycles. The highest BCUT2D eigenvalue weighted by Crippen LogP contribution is 2.12. The van der Waals surface area contributed by atoms with Crippen LogP contribution in [0.3, 0.4) is 0 Å². The lowest BCUT2D eigenvalue weighted by Crippen LogP contribution is -2.46. The molecule has 0 saturated carbocycles. The van der Waals surface area contributed by atoms with Gasteiger partial charge in [0, 0.05) is 12.1 Å². The second-order valence-corrected chi connectivity index (χ2v) is 4.99. The van der Waals surface area contributed by atoms with Crippen LogP contribution >= 0.6 is 0 Å². The summed E-state index contributed by atoms with van der Waals surface area (Å²) in [5, 5.41) is 15.8. The van der Waals surface area contributed by atoms with Crippen LogP contribution < -0.4 is 10.6 Å². The Balaban J connectivity index is 1.85. The summed E-state index contributed by atoms with van der Waals surface area (Å²) in [5.41, 5.74) is 0.842. The van der Waals surface area contributed by atoms with E-state index in [4.69, 9.17) is 0 Å². The summed E-state index contributed by atoms with van der Waals surface area (Å²) >= 11 is 0. The Labute approximate surface area is 107 Å². The zero-order valence-corrected chi connectivity index (χ0v) is 10.6. The molecule has 1 fully saturated rings. The van der Waals surface area contributed by atoms with Crippen molar-refractivity contribution in [1.29, 1.82) is 0 Å². The number of aromatic hydroxyl groups is 1. The number of benzene rings is 1. The predicted octanol–water partition coefficient (Wildman–Crippen LogP) is 1.19. The van der Waals surface area contributed by atoms with Crippen molar-refractivity contribution < 1.29 is 9.90 Å². The molecule has 98 valence electrons. The van der Waals surface area contributed by atoms with Gasteiger partial charge in [-0.3, -0.25) is 4.79 Å². The lowest BCUT2D eigenvalue weighted by atomic mass is 10.0. The Morgan fingerprint density at radius 3 is 3.11 bits per heavy atom. The molecule has 18 heavy (non-hydrogen) atoms. The number of phenolic OH excluding ortho intramolecular Hbond substituents is 1. The summed E-state index contributed by atoms with van der Waals surface area (Å²) in [6, 6.07) is 7.57. The minimum absolute atomic E-state index is 0.0275. The van der Waals surface area contributed by atoms with Crippen molar-refractivity contribution in [3.05, 3.63) is 29.8 Å². The number of piperidine rings is 1. The van der Waals surface area contributed by atoms with Crippen LogP contribution in [-0.2, 0) is 11.2 Å². The Kier molecular flexibility index (Phi) is 4.20. The molecule has 0 spiro atoms. The molecule has 2 atom stereocenters. The molecular formula is C14H20N2O2. The molecule has 1 amide bonds. The number of amides is 1. The molecule has 0 aliphatic carbocycles. The number of carbonyl (C=O) groups is 1. The van der Waals surface area contributed by atoms with Crippen LogP contribution in [0.15, 0.2) is 24.3 Å². The van der Waals surface area contributed by atoms with E-state index in [1.165, 1.54) is 0 Å². The van der Waals surface area contributed by atoms with Gasteiger partial charge < -0.3 is 15.7 Å².